The third-order valence-corrected chi connectivity index (χ3v) is 4.25. The van der Waals surface area contributed by atoms with E-state index in [4.69, 9.17) is 0 Å². The molecule has 0 spiro atoms. The van der Waals surface area contributed by atoms with Crippen LogP contribution >= 0.6 is 0 Å². The second-order valence-corrected chi connectivity index (χ2v) is 6.30. The van der Waals surface area contributed by atoms with Crippen LogP contribution in [0.15, 0.2) is 53.6 Å². The number of benzene rings is 1. The van der Waals surface area contributed by atoms with Crippen LogP contribution in [0.2, 0.25) is 0 Å². The van der Waals surface area contributed by atoms with Crippen LogP contribution in [0.25, 0.3) is 0 Å². The Hall–Kier alpha value is -1.92. The summed E-state index contributed by atoms with van der Waals surface area (Å²) in [5.41, 5.74) is 1.63. The van der Waals surface area contributed by atoms with Crippen molar-refractivity contribution >= 4 is 15.7 Å². The summed E-state index contributed by atoms with van der Waals surface area (Å²) in [6.45, 7) is 0.179. The average Bonchev–Trinajstić information content (AvgIpc) is 2.46. The normalized spacial score (nSPS) is 11.3. The Bertz CT molecular complexity index is 653. The van der Waals surface area contributed by atoms with E-state index in [2.05, 4.69) is 9.71 Å². The molecule has 2 aromatic rings. The molecule has 0 bridgehead atoms. The Kier molecular flexibility index (Phi) is 4.36. The van der Waals surface area contributed by atoms with Crippen molar-refractivity contribution < 1.29 is 8.42 Å². The van der Waals surface area contributed by atoms with Crippen LogP contribution in [0.1, 0.15) is 5.69 Å². The number of hydrogen-bond acceptors (Lipinski definition) is 4. The van der Waals surface area contributed by atoms with Crippen molar-refractivity contribution in [2.24, 2.45) is 0 Å². The smallest absolute Gasteiger partial charge is 0.240 e. The quantitative estimate of drug-likeness (QED) is 0.909. The Labute approximate surface area is 119 Å². The maximum atomic E-state index is 12.1. The van der Waals surface area contributed by atoms with Gasteiger partial charge in [-0.05, 0) is 36.4 Å². The predicted molar refractivity (Wildman–Crippen MR) is 79.0 cm³/mol. The fourth-order valence-corrected chi connectivity index (χ4v) is 2.68. The number of anilines is 1. The number of hydrogen-bond donors (Lipinski definition) is 1. The van der Waals surface area contributed by atoms with E-state index in [0.717, 1.165) is 5.69 Å². The highest BCUT2D eigenvalue weighted by Crippen LogP contribution is 2.16. The lowest BCUT2D eigenvalue weighted by Gasteiger charge is -2.13. The highest BCUT2D eigenvalue weighted by Gasteiger charge is 2.13. The van der Waals surface area contributed by atoms with Gasteiger partial charge < -0.3 is 4.90 Å². The minimum Gasteiger partial charge on any atom is -0.378 e. The molecule has 0 unspecified atom stereocenters. The summed E-state index contributed by atoms with van der Waals surface area (Å²) < 4.78 is 26.8. The second-order valence-electron chi connectivity index (χ2n) is 4.53. The fraction of sp³-hybridized carbons (Fsp3) is 0.214. The maximum absolute atomic E-state index is 12.1. The molecular weight excluding hydrogens is 274 g/mol. The van der Waals surface area contributed by atoms with Gasteiger partial charge in [-0.3, -0.25) is 4.98 Å². The van der Waals surface area contributed by atoms with Crippen molar-refractivity contribution in [2.45, 2.75) is 11.4 Å². The molecule has 1 aromatic heterocycles. The van der Waals surface area contributed by atoms with Crippen LogP contribution in [-0.4, -0.2) is 27.5 Å². The summed E-state index contributed by atoms with van der Waals surface area (Å²) >= 11 is 0. The number of pyridine rings is 1. The van der Waals surface area contributed by atoms with Crippen molar-refractivity contribution in [2.75, 3.05) is 19.0 Å². The summed E-state index contributed by atoms with van der Waals surface area (Å²) in [4.78, 5) is 6.24. The Morgan fingerprint density at radius 1 is 1.10 bits per heavy atom. The molecule has 20 heavy (non-hydrogen) atoms. The molecule has 0 saturated carbocycles. The largest absolute Gasteiger partial charge is 0.378 e. The molecule has 0 saturated heterocycles. The van der Waals surface area contributed by atoms with Crippen LogP contribution in [0.5, 0.6) is 0 Å². The molecule has 1 aromatic carbocycles. The summed E-state index contributed by atoms with van der Waals surface area (Å²) in [5.74, 6) is 0. The molecule has 106 valence electrons. The summed E-state index contributed by atoms with van der Waals surface area (Å²) in [5, 5.41) is 0. The van der Waals surface area contributed by atoms with Gasteiger partial charge in [-0.2, -0.15) is 0 Å². The highest BCUT2D eigenvalue weighted by atomic mass is 32.2. The first-order valence-electron chi connectivity index (χ1n) is 6.16. The van der Waals surface area contributed by atoms with E-state index < -0.39 is 10.0 Å². The molecule has 0 aliphatic rings. The van der Waals surface area contributed by atoms with E-state index in [1.165, 1.54) is 0 Å². The molecule has 2 rings (SSSR count). The standard InChI is InChI=1S/C14H17N3O2S/c1-17(2)13-6-8-14(9-7-13)20(18,19)16-11-12-5-3-4-10-15-12/h3-10,16H,11H2,1-2H3. The molecule has 0 radical (unpaired) electrons. The summed E-state index contributed by atoms with van der Waals surface area (Å²) in [7, 11) is 0.302. The lowest BCUT2D eigenvalue weighted by atomic mass is 10.3. The van der Waals surface area contributed by atoms with Gasteiger partial charge in [-0.1, -0.05) is 6.07 Å². The van der Waals surface area contributed by atoms with Gasteiger partial charge in [0.15, 0.2) is 0 Å². The Morgan fingerprint density at radius 2 is 1.80 bits per heavy atom. The van der Waals surface area contributed by atoms with Crippen LogP contribution < -0.4 is 9.62 Å². The van der Waals surface area contributed by atoms with E-state index >= 15 is 0 Å². The van der Waals surface area contributed by atoms with E-state index in [9.17, 15) is 8.42 Å². The Balaban J connectivity index is 2.10. The van der Waals surface area contributed by atoms with Crippen LogP contribution in [0, 0.1) is 0 Å². The maximum Gasteiger partial charge on any atom is 0.240 e. The van der Waals surface area contributed by atoms with E-state index in [1.807, 2.05) is 25.1 Å². The molecule has 0 fully saturated rings. The highest BCUT2D eigenvalue weighted by molar-refractivity contribution is 7.89. The lowest BCUT2D eigenvalue weighted by Crippen LogP contribution is -2.23. The third-order valence-electron chi connectivity index (χ3n) is 2.83. The molecule has 5 nitrogen and oxygen atoms in total. The topological polar surface area (TPSA) is 62.3 Å². The fourth-order valence-electron chi connectivity index (χ4n) is 1.68. The van der Waals surface area contributed by atoms with E-state index in [0.29, 0.717) is 5.69 Å². The van der Waals surface area contributed by atoms with Crippen LogP contribution in [0.4, 0.5) is 5.69 Å². The van der Waals surface area contributed by atoms with Gasteiger partial charge in [0.1, 0.15) is 0 Å². The molecule has 0 aliphatic carbocycles. The van der Waals surface area contributed by atoms with E-state index in [-0.39, 0.29) is 11.4 Å². The SMILES string of the molecule is CN(C)c1ccc(S(=O)(=O)NCc2ccccn2)cc1. The first-order chi connectivity index (χ1) is 9.49. The summed E-state index contributed by atoms with van der Waals surface area (Å²) in [6, 6.07) is 12.1. The van der Waals surface area contributed by atoms with Gasteiger partial charge in [-0.25, -0.2) is 13.1 Å². The van der Waals surface area contributed by atoms with Crippen LogP contribution in [-0.2, 0) is 16.6 Å². The molecule has 0 aliphatic heterocycles. The monoisotopic (exact) mass is 291 g/mol. The molecule has 6 heteroatoms. The van der Waals surface area contributed by atoms with Crippen molar-refractivity contribution in [3.8, 4) is 0 Å². The zero-order valence-corrected chi connectivity index (χ0v) is 12.3. The summed E-state index contributed by atoms with van der Waals surface area (Å²) in [6.07, 6.45) is 1.63. The van der Waals surface area contributed by atoms with Gasteiger partial charge in [0.2, 0.25) is 10.0 Å². The average molecular weight is 291 g/mol. The van der Waals surface area contributed by atoms with Gasteiger partial charge >= 0.3 is 0 Å². The molecule has 0 atom stereocenters. The second kappa shape index (κ2) is 6.02. The van der Waals surface area contributed by atoms with Gasteiger partial charge in [0, 0.05) is 26.0 Å². The van der Waals surface area contributed by atoms with Crippen LogP contribution in [0.3, 0.4) is 0 Å². The number of nitrogens with one attached hydrogen (secondary N) is 1. The number of nitrogens with zero attached hydrogens (tertiary/aromatic N) is 2. The zero-order valence-electron chi connectivity index (χ0n) is 11.4. The first-order valence-corrected chi connectivity index (χ1v) is 7.64. The Morgan fingerprint density at radius 3 is 2.35 bits per heavy atom. The van der Waals surface area contributed by atoms with Gasteiger partial charge in [0.05, 0.1) is 17.1 Å². The van der Waals surface area contributed by atoms with Crippen molar-refractivity contribution in [3.63, 3.8) is 0 Å². The number of rotatable bonds is 5. The van der Waals surface area contributed by atoms with E-state index in [1.54, 1.807) is 42.6 Å². The van der Waals surface area contributed by atoms with Crippen molar-refractivity contribution in [1.29, 1.82) is 0 Å². The number of sulfonamides is 1. The minimum atomic E-state index is -3.51. The van der Waals surface area contributed by atoms with Gasteiger partial charge in [0.25, 0.3) is 0 Å². The minimum absolute atomic E-state index is 0.179. The van der Waals surface area contributed by atoms with Crippen molar-refractivity contribution in [1.82, 2.24) is 9.71 Å². The zero-order chi connectivity index (χ0) is 14.6. The van der Waals surface area contributed by atoms with Gasteiger partial charge in [-0.15, -0.1) is 0 Å². The molecular formula is C14H17N3O2S. The number of aromatic nitrogens is 1. The molecule has 0 amide bonds. The third kappa shape index (κ3) is 3.55. The predicted octanol–water partition coefficient (Wildman–Crippen LogP) is 1.63. The molecule has 1 heterocycles. The lowest BCUT2D eigenvalue weighted by molar-refractivity contribution is 0.580. The molecule has 1 N–H and O–H groups in total. The van der Waals surface area contributed by atoms with Crippen molar-refractivity contribution in [3.05, 3.63) is 54.4 Å². The first kappa shape index (κ1) is 14.5.